The second kappa shape index (κ2) is 6.16. The van der Waals surface area contributed by atoms with Crippen LogP contribution < -0.4 is 5.32 Å². The van der Waals surface area contributed by atoms with E-state index in [0.29, 0.717) is 0 Å². The average Bonchev–Trinajstić information content (AvgIpc) is 3.02. The van der Waals surface area contributed by atoms with Gasteiger partial charge in [-0.25, -0.2) is 4.79 Å². The van der Waals surface area contributed by atoms with Gasteiger partial charge in [-0.2, -0.15) is 0 Å². The molecule has 26 heavy (non-hydrogen) atoms. The van der Waals surface area contributed by atoms with Gasteiger partial charge in [-0.1, -0.05) is 18.2 Å². The first kappa shape index (κ1) is 17.2. The van der Waals surface area contributed by atoms with Gasteiger partial charge in [-0.05, 0) is 57.0 Å². The fourth-order valence-electron chi connectivity index (χ4n) is 4.58. The van der Waals surface area contributed by atoms with Crippen LogP contribution in [0.4, 0.5) is 4.79 Å². The molecular formula is C21H28N4O. The van der Waals surface area contributed by atoms with Crippen molar-refractivity contribution in [2.24, 2.45) is 0 Å². The summed E-state index contributed by atoms with van der Waals surface area (Å²) in [6, 6.07) is 6.50. The number of amides is 2. The maximum Gasteiger partial charge on any atom is 0.317 e. The third-order valence-corrected chi connectivity index (χ3v) is 6.23. The molecule has 4 rings (SSSR count). The number of nitrogens with one attached hydrogen (secondary N) is 2. The molecule has 5 heteroatoms. The molecule has 1 aliphatic carbocycles. The Balaban J connectivity index is 1.74. The summed E-state index contributed by atoms with van der Waals surface area (Å²) in [5.74, 6) is 0. The predicted molar refractivity (Wildman–Crippen MR) is 106 cm³/mol. The highest BCUT2D eigenvalue weighted by Gasteiger charge is 2.43. The lowest BCUT2D eigenvalue weighted by Gasteiger charge is -2.48. The molecule has 138 valence electrons. The standard InChI is InChI=1S/C21H28N4O/c1-5-25(6-2)20(26)23-15-10-17-16-8-7-9-18-19(16)14(12-22-18)11-21(17,3)24(4)13-15/h7-10,12,15,22H,5-6,11,13H2,1-4H3,(H,23,26)/t15-,21+/m0/s1. The summed E-state index contributed by atoms with van der Waals surface area (Å²) in [5.41, 5.74) is 5.15. The number of benzene rings is 1. The Hall–Kier alpha value is -2.27. The zero-order valence-electron chi connectivity index (χ0n) is 16.1. The van der Waals surface area contributed by atoms with Crippen LogP contribution in [-0.2, 0) is 6.42 Å². The average molecular weight is 352 g/mol. The summed E-state index contributed by atoms with van der Waals surface area (Å²) in [7, 11) is 2.17. The zero-order valence-corrected chi connectivity index (χ0v) is 16.1. The Morgan fingerprint density at radius 3 is 2.88 bits per heavy atom. The van der Waals surface area contributed by atoms with Crippen molar-refractivity contribution < 1.29 is 4.79 Å². The van der Waals surface area contributed by atoms with Crippen molar-refractivity contribution in [2.75, 3.05) is 26.7 Å². The van der Waals surface area contributed by atoms with Gasteiger partial charge in [-0.15, -0.1) is 0 Å². The largest absolute Gasteiger partial charge is 0.361 e. The van der Waals surface area contributed by atoms with Gasteiger partial charge in [0.15, 0.2) is 0 Å². The molecule has 1 aromatic heterocycles. The van der Waals surface area contributed by atoms with Crippen molar-refractivity contribution in [3.05, 3.63) is 41.6 Å². The Morgan fingerprint density at radius 1 is 1.38 bits per heavy atom. The highest BCUT2D eigenvalue weighted by Crippen LogP contribution is 2.46. The van der Waals surface area contributed by atoms with E-state index in [1.807, 2.05) is 18.7 Å². The number of aromatic nitrogens is 1. The summed E-state index contributed by atoms with van der Waals surface area (Å²) < 4.78 is 0. The summed E-state index contributed by atoms with van der Waals surface area (Å²) in [6.45, 7) is 8.62. The number of H-pyrrole nitrogens is 1. The van der Waals surface area contributed by atoms with Crippen LogP contribution in [0.15, 0.2) is 30.5 Å². The van der Waals surface area contributed by atoms with Crippen LogP contribution in [0.2, 0.25) is 0 Å². The predicted octanol–water partition coefficient (Wildman–Crippen LogP) is 3.23. The maximum absolute atomic E-state index is 12.5. The van der Waals surface area contributed by atoms with Gasteiger partial charge < -0.3 is 15.2 Å². The van der Waals surface area contributed by atoms with Crippen molar-refractivity contribution in [1.82, 2.24) is 20.1 Å². The first-order valence-corrected chi connectivity index (χ1v) is 9.56. The van der Waals surface area contributed by atoms with E-state index in [1.54, 1.807) is 0 Å². The molecule has 0 radical (unpaired) electrons. The molecule has 5 nitrogen and oxygen atoms in total. The molecule has 2 N–H and O–H groups in total. The van der Waals surface area contributed by atoms with Crippen LogP contribution in [0.3, 0.4) is 0 Å². The number of carbonyl (C=O) groups is 1. The topological polar surface area (TPSA) is 51.4 Å². The van der Waals surface area contributed by atoms with Crippen LogP contribution in [-0.4, -0.2) is 59.1 Å². The molecule has 0 bridgehead atoms. The molecule has 2 atom stereocenters. The lowest BCUT2D eigenvalue weighted by Crippen LogP contribution is -2.57. The van der Waals surface area contributed by atoms with E-state index in [4.69, 9.17) is 0 Å². The summed E-state index contributed by atoms with van der Waals surface area (Å²) >= 11 is 0. The highest BCUT2D eigenvalue weighted by atomic mass is 16.2. The molecule has 0 saturated heterocycles. The number of urea groups is 1. The first-order chi connectivity index (χ1) is 12.5. The van der Waals surface area contributed by atoms with Gasteiger partial charge in [0.25, 0.3) is 0 Å². The highest BCUT2D eigenvalue weighted by molar-refractivity contribution is 5.99. The molecule has 2 aromatic rings. The first-order valence-electron chi connectivity index (χ1n) is 9.56. The molecular weight excluding hydrogens is 324 g/mol. The maximum atomic E-state index is 12.5. The smallest absolute Gasteiger partial charge is 0.317 e. The van der Waals surface area contributed by atoms with Gasteiger partial charge in [0.2, 0.25) is 0 Å². The minimum Gasteiger partial charge on any atom is -0.361 e. The molecule has 1 aromatic carbocycles. The van der Waals surface area contributed by atoms with E-state index in [0.717, 1.165) is 26.1 Å². The number of fused-ring (bicyclic) bond motifs is 2. The molecule has 1 aliphatic heterocycles. The SMILES string of the molecule is CCN(CC)C(=O)N[C@H]1C=C2c3cccc4[nH]cc(c34)C[C@@]2(C)N(C)C1. The third-order valence-electron chi connectivity index (χ3n) is 6.23. The van der Waals surface area contributed by atoms with Gasteiger partial charge in [0.1, 0.15) is 0 Å². The molecule has 0 unspecified atom stereocenters. The molecule has 0 saturated carbocycles. The van der Waals surface area contributed by atoms with Crippen molar-refractivity contribution in [3.8, 4) is 0 Å². The lowest BCUT2D eigenvalue weighted by atomic mass is 9.72. The van der Waals surface area contributed by atoms with Crippen molar-refractivity contribution in [1.29, 1.82) is 0 Å². The second-order valence-corrected chi connectivity index (χ2v) is 7.68. The van der Waals surface area contributed by atoms with Gasteiger partial charge in [-0.3, -0.25) is 4.90 Å². The Morgan fingerprint density at radius 2 is 2.15 bits per heavy atom. The quantitative estimate of drug-likeness (QED) is 0.891. The summed E-state index contributed by atoms with van der Waals surface area (Å²) in [6.07, 6.45) is 5.42. The number of likely N-dealkylation sites (N-methyl/N-ethyl adjacent to an activating group) is 1. The number of hydrogen-bond acceptors (Lipinski definition) is 2. The van der Waals surface area contributed by atoms with Crippen LogP contribution in [0, 0.1) is 0 Å². The van der Waals surface area contributed by atoms with E-state index in [1.165, 1.54) is 27.6 Å². The van der Waals surface area contributed by atoms with Crippen LogP contribution in [0.25, 0.3) is 16.5 Å². The van der Waals surface area contributed by atoms with Crippen LogP contribution in [0.5, 0.6) is 0 Å². The number of rotatable bonds is 3. The van der Waals surface area contributed by atoms with Crippen LogP contribution >= 0.6 is 0 Å². The van der Waals surface area contributed by atoms with Crippen molar-refractivity contribution in [3.63, 3.8) is 0 Å². The molecule has 2 heterocycles. The van der Waals surface area contributed by atoms with E-state index >= 15 is 0 Å². The molecule has 0 fully saturated rings. The Bertz CT molecular complexity index is 879. The fraction of sp³-hybridized carbons (Fsp3) is 0.476. The number of carbonyl (C=O) groups excluding carboxylic acids is 1. The van der Waals surface area contributed by atoms with Crippen LogP contribution in [0.1, 0.15) is 31.9 Å². The zero-order chi connectivity index (χ0) is 18.5. The fourth-order valence-corrected chi connectivity index (χ4v) is 4.58. The Kier molecular flexibility index (Phi) is 4.07. The van der Waals surface area contributed by atoms with Crippen molar-refractivity contribution in [2.45, 2.75) is 38.8 Å². The summed E-state index contributed by atoms with van der Waals surface area (Å²) in [5, 5.41) is 4.55. The van der Waals surface area contributed by atoms with E-state index in [9.17, 15) is 4.79 Å². The van der Waals surface area contributed by atoms with Gasteiger partial charge in [0, 0.05) is 42.3 Å². The van der Waals surface area contributed by atoms with E-state index in [-0.39, 0.29) is 17.6 Å². The van der Waals surface area contributed by atoms with E-state index in [2.05, 4.69) is 59.6 Å². The van der Waals surface area contributed by atoms with Gasteiger partial charge in [0.05, 0.1) is 6.04 Å². The lowest BCUT2D eigenvalue weighted by molar-refractivity contribution is 0.162. The summed E-state index contributed by atoms with van der Waals surface area (Å²) in [4.78, 5) is 20.2. The van der Waals surface area contributed by atoms with Crippen molar-refractivity contribution >= 4 is 22.5 Å². The monoisotopic (exact) mass is 352 g/mol. The second-order valence-electron chi connectivity index (χ2n) is 7.68. The number of aromatic amines is 1. The molecule has 2 amide bonds. The number of hydrogen-bond donors (Lipinski definition) is 2. The molecule has 2 aliphatic rings. The van der Waals surface area contributed by atoms with E-state index < -0.39 is 0 Å². The Labute approximate surface area is 155 Å². The molecule has 0 spiro atoms. The number of nitrogens with zero attached hydrogens (tertiary/aromatic N) is 2. The minimum atomic E-state index is -0.0418. The van der Waals surface area contributed by atoms with Gasteiger partial charge >= 0.3 is 6.03 Å². The normalized spacial score (nSPS) is 24.9. The minimum absolute atomic E-state index is 0.0187. The third kappa shape index (κ3) is 2.45.